The Hall–Kier alpha value is -2.28. The number of carboxylic acid groups (broad SMARTS) is 1. The molecular weight excluding hydrogens is 276 g/mol. The van der Waals surface area contributed by atoms with Crippen LogP contribution in [0.2, 0.25) is 0 Å². The lowest BCUT2D eigenvalue weighted by Gasteiger charge is -2.22. The molecule has 0 aromatic heterocycles. The molecule has 7 heteroatoms. The van der Waals surface area contributed by atoms with E-state index in [2.05, 4.69) is 5.32 Å². The van der Waals surface area contributed by atoms with Gasteiger partial charge in [-0.3, -0.25) is 14.5 Å². The van der Waals surface area contributed by atoms with Crippen LogP contribution in [0.25, 0.3) is 0 Å². The van der Waals surface area contributed by atoms with Gasteiger partial charge in [0.15, 0.2) is 11.5 Å². The molecule has 1 atom stereocenters. The highest BCUT2D eigenvalue weighted by Crippen LogP contribution is 2.34. The van der Waals surface area contributed by atoms with Crippen LogP contribution >= 0.6 is 0 Å². The normalized spacial score (nSPS) is 14.0. The summed E-state index contributed by atoms with van der Waals surface area (Å²) in [5.41, 5.74) is 0.584. The summed E-state index contributed by atoms with van der Waals surface area (Å²) < 4.78 is 10.4. The monoisotopic (exact) mass is 294 g/mol. The zero-order chi connectivity index (χ0) is 15.4. The van der Waals surface area contributed by atoms with Gasteiger partial charge >= 0.3 is 5.97 Å². The number of ether oxygens (including phenoxy) is 2. The Morgan fingerprint density at radius 2 is 2.10 bits per heavy atom. The molecule has 0 spiro atoms. The van der Waals surface area contributed by atoms with E-state index in [1.165, 1.54) is 4.90 Å². The summed E-state index contributed by atoms with van der Waals surface area (Å²) in [4.78, 5) is 24.5. The Morgan fingerprint density at radius 1 is 1.38 bits per heavy atom. The van der Waals surface area contributed by atoms with Crippen LogP contribution in [0.5, 0.6) is 11.5 Å². The van der Waals surface area contributed by atoms with Crippen molar-refractivity contribution in [2.75, 3.05) is 25.7 Å². The third-order valence-electron chi connectivity index (χ3n) is 3.25. The van der Waals surface area contributed by atoms with Crippen LogP contribution in [-0.2, 0) is 9.59 Å². The fourth-order valence-corrected chi connectivity index (χ4v) is 2.19. The number of carbonyl (C=O) groups is 2. The summed E-state index contributed by atoms with van der Waals surface area (Å²) in [6.45, 7) is 1.94. The van der Waals surface area contributed by atoms with E-state index in [1.807, 2.05) is 0 Å². The second kappa shape index (κ2) is 6.45. The van der Waals surface area contributed by atoms with Gasteiger partial charge in [-0.15, -0.1) is 0 Å². The van der Waals surface area contributed by atoms with Crippen molar-refractivity contribution in [1.82, 2.24) is 4.90 Å². The van der Waals surface area contributed by atoms with Gasteiger partial charge in [0, 0.05) is 11.8 Å². The zero-order valence-electron chi connectivity index (χ0n) is 12.0. The van der Waals surface area contributed by atoms with Crippen molar-refractivity contribution in [3.63, 3.8) is 0 Å². The molecule has 1 amide bonds. The largest absolute Gasteiger partial charge is 0.480 e. The molecule has 0 radical (unpaired) electrons. The van der Waals surface area contributed by atoms with Crippen molar-refractivity contribution in [2.24, 2.45) is 0 Å². The Labute approximate surface area is 122 Å². The molecule has 1 aromatic carbocycles. The summed E-state index contributed by atoms with van der Waals surface area (Å²) in [6.07, 6.45) is 0.434. The lowest BCUT2D eigenvalue weighted by molar-refractivity contribution is -0.143. The first-order valence-corrected chi connectivity index (χ1v) is 6.63. The molecule has 1 heterocycles. The lowest BCUT2D eigenvalue weighted by atomic mass is 10.2. The first-order valence-electron chi connectivity index (χ1n) is 6.63. The number of likely N-dealkylation sites (N-methyl/N-ethyl adjacent to an activating group) is 1. The van der Waals surface area contributed by atoms with E-state index >= 15 is 0 Å². The lowest BCUT2D eigenvalue weighted by Crippen LogP contribution is -2.42. The minimum absolute atomic E-state index is 0.000745. The number of rotatable bonds is 6. The number of anilines is 1. The number of nitrogens with zero attached hydrogens (tertiary/aromatic N) is 1. The van der Waals surface area contributed by atoms with Gasteiger partial charge in [-0.1, -0.05) is 6.92 Å². The first-order chi connectivity index (χ1) is 10.0. The van der Waals surface area contributed by atoms with E-state index in [9.17, 15) is 9.59 Å². The van der Waals surface area contributed by atoms with Gasteiger partial charge in [-0.2, -0.15) is 0 Å². The number of carboxylic acids is 1. The Balaban J connectivity index is 1.94. The van der Waals surface area contributed by atoms with E-state index < -0.39 is 12.0 Å². The third kappa shape index (κ3) is 3.63. The van der Waals surface area contributed by atoms with E-state index in [4.69, 9.17) is 14.6 Å². The van der Waals surface area contributed by atoms with E-state index in [0.29, 0.717) is 23.6 Å². The third-order valence-corrected chi connectivity index (χ3v) is 3.25. The van der Waals surface area contributed by atoms with Gasteiger partial charge in [-0.25, -0.2) is 0 Å². The van der Waals surface area contributed by atoms with Crippen LogP contribution in [0.4, 0.5) is 5.69 Å². The van der Waals surface area contributed by atoms with Crippen LogP contribution < -0.4 is 14.8 Å². The van der Waals surface area contributed by atoms with Crippen LogP contribution in [0, 0.1) is 0 Å². The maximum Gasteiger partial charge on any atom is 0.320 e. The summed E-state index contributed by atoms with van der Waals surface area (Å²) in [7, 11) is 1.61. The molecule has 0 aliphatic carbocycles. The minimum Gasteiger partial charge on any atom is -0.480 e. The number of hydrogen-bond acceptors (Lipinski definition) is 5. The van der Waals surface area contributed by atoms with Crippen LogP contribution in [0.1, 0.15) is 13.3 Å². The maximum absolute atomic E-state index is 11.9. The number of hydrogen-bond donors (Lipinski definition) is 2. The average molecular weight is 294 g/mol. The SMILES string of the molecule is CCC(C(=O)O)N(C)CC(=O)Nc1ccc2c(c1)OCO2. The van der Waals surface area contributed by atoms with Crippen molar-refractivity contribution in [3.8, 4) is 11.5 Å². The molecule has 0 saturated carbocycles. The molecule has 0 fully saturated rings. The number of fused-ring (bicyclic) bond motifs is 1. The number of aliphatic carboxylic acids is 1. The Morgan fingerprint density at radius 3 is 2.76 bits per heavy atom. The average Bonchev–Trinajstić information content (AvgIpc) is 2.86. The van der Waals surface area contributed by atoms with E-state index in [1.54, 1.807) is 32.2 Å². The predicted octanol–water partition coefficient (Wildman–Crippen LogP) is 1.15. The molecule has 0 saturated heterocycles. The second-order valence-corrected chi connectivity index (χ2v) is 4.79. The maximum atomic E-state index is 11.9. The summed E-state index contributed by atoms with van der Waals surface area (Å²) >= 11 is 0. The fourth-order valence-electron chi connectivity index (χ4n) is 2.19. The van der Waals surface area contributed by atoms with Crippen molar-refractivity contribution < 1.29 is 24.2 Å². The summed E-state index contributed by atoms with van der Waals surface area (Å²) in [5.74, 6) is 0.00658. The molecule has 1 unspecified atom stereocenters. The summed E-state index contributed by atoms with van der Waals surface area (Å²) in [6, 6.07) is 4.43. The molecule has 21 heavy (non-hydrogen) atoms. The predicted molar refractivity (Wildman–Crippen MR) is 75.5 cm³/mol. The Bertz CT molecular complexity index is 546. The van der Waals surface area contributed by atoms with Gasteiger partial charge in [0.2, 0.25) is 12.7 Å². The summed E-state index contributed by atoms with van der Waals surface area (Å²) in [5, 5.41) is 11.8. The first kappa shape index (κ1) is 15.1. The zero-order valence-corrected chi connectivity index (χ0v) is 12.0. The molecule has 1 aliphatic rings. The van der Waals surface area contributed by atoms with Gasteiger partial charge in [0.1, 0.15) is 6.04 Å². The molecule has 0 bridgehead atoms. The van der Waals surface area contributed by atoms with Gasteiger partial charge in [0.05, 0.1) is 6.54 Å². The molecule has 2 rings (SSSR count). The van der Waals surface area contributed by atoms with Crippen LogP contribution in [-0.4, -0.2) is 48.3 Å². The highest BCUT2D eigenvalue weighted by Gasteiger charge is 2.22. The number of benzene rings is 1. The number of amides is 1. The fraction of sp³-hybridized carbons (Fsp3) is 0.429. The van der Waals surface area contributed by atoms with Gasteiger partial charge < -0.3 is 19.9 Å². The molecule has 1 aliphatic heterocycles. The Kier molecular flexibility index (Phi) is 4.64. The highest BCUT2D eigenvalue weighted by molar-refractivity contribution is 5.93. The highest BCUT2D eigenvalue weighted by atomic mass is 16.7. The molecule has 1 aromatic rings. The smallest absolute Gasteiger partial charge is 0.320 e. The van der Waals surface area contributed by atoms with Crippen LogP contribution in [0.15, 0.2) is 18.2 Å². The van der Waals surface area contributed by atoms with Gasteiger partial charge in [-0.05, 0) is 25.6 Å². The molecule has 7 nitrogen and oxygen atoms in total. The van der Waals surface area contributed by atoms with Crippen molar-refractivity contribution in [2.45, 2.75) is 19.4 Å². The van der Waals surface area contributed by atoms with E-state index in [0.717, 1.165) is 0 Å². The molecule has 114 valence electrons. The molecular formula is C14H18N2O5. The standard InChI is InChI=1S/C14H18N2O5/c1-3-10(14(18)19)16(2)7-13(17)15-9-4-5-11-12(6-9)21-8-20-11/h4-6,10H,3,7-8H2,1-2H3,(H,15,17)(H,18,19). The van der Waals surface area contributed by atoms with Crippen molar-refractivity contribution in [3.05, 3.63) is 18.2 Å². The number of carbonyl (C=O) groups excluding carboxylic acids is 1. The minimum atomic E-state index is -0.934. The second-order valence-electron chi connectivity index (χ2n) is 4.79. The quantitative estimate of drug-likeness (QED) is 0.818. The van der Waals surface area contributed by atoms with E-state index in [-0.39, 0.29) is 19.2 Å². The topological polar surface area (TPSA) is 88.1 Å². The van der Waals surface area contributed by atoms with Crippen molar-refractivity contribution >= 4 is 17.6 Å². The van der Waals surface area contributed by atoms with Crippen LogP contribution in [0.3, 0.4) is 0 Å². The van der Waals surface area contributed by atoms with Crippen molar-refractivity contribution in [1.29, 1.82) is 0 Å². The molecule has 2 N–H and O–H groups in total. The van der Waals surface area contributed by atoms with Gasteiger partial charge in [0.25, 0.3) is 0 Å². The number of nitrogens with one attached hydrogen (secondary N) is 1.